The van der Waals surface area contributed by atoms with Crippen LogP contribution in [0, 0.1) is 6.92 Å². The largest absolute Gasteiger partial charge is 0.354 e. The average Bonchev–Trinajstić information content (AvgIpc) is 2.76. The van der Waals surface area contributed by atoms with E-state index >= 15 is 0 Å². The maximum absolute atomic E-state index is 13.6. The summed E-state index contributed by atoms with van der Waals surface area (Å²) in [6.45, 7) is 5.28. The highest BCUT2D eigenvalue weighted by molar-refractivity contribution is 7.92. The molecule has 192 valence electrons. The fraction of sp³-hybridized carbons (Fsp3) is 0.417. The zero-order valence-electron chi connectivity index (χ0n) is 20.1. The summed E-state index contributed by atoms with van der Waals surface area (Å²) in [5.41, 5.74) is 1.49. The van der Waals surface area contributed by atoms with Gasteiger partial charge in [-0.2, -0.15) is 0 Å². The van der Waals surface area contributed by atoms with E-state index in [-0.39, 0.29) is 12.5 Å². The van der Waals surface area contributed by atoms with Gasteiger partial charge in [0.1, 0.15) is 12.6 Å². The Morgan fingerprint density at radius 3 is 2.26 bits per heavy atom. The van der Waals surface area contributed by atoms with Gasteiger partial charge in [-0.1, -0.05) is 54.2 Å². The first-order chi connectivity index (χ1) is 16.3. The number of hydrogen-bond donors (Lipinski definition) is 1. The average molecular weight is 563 g/mol. The normalized spacial score (nSPS) is 12.2. The molecular formula is C24H30Cl3N3O4S. The molecule has 1 atom stereocenters. The standard InChI is InChI=1S/C24H30Cl3N3O4S/c1-5-6-11-28-24(32)17(3)29(14-18-7-8-20(26)13-21(18)27)23(31)15-30(35(4,33)34)22-10-9-19(25)12-16(22)2/h7-10,12-13,17H,5-6,11,14-15H2,1-4H3,(H,28,32). The van der Waals surface area contributed by atoms with E-state index < -0.39 is 28.5 Å². The molecule has 7 nitrogen and oxygen atoms in total. The minimum atomic E-state index is -3.83. The first-order valence-corrected chi connectivity index (χ1v) is 14.1. The van der Waals surface area contributed by atoms with E-state index in [9.17, 15) is 18.0 Å². The molecule has 2 rings (SSSR count). The van der Waals surface area contributed by atoms with Crippen LogP contribution in [0.4, 0.5) is 5.69 Å². The number of halogens is 3. The number of anilines is 1. The van der Waals surface area contributed by atoms with Crippen LogP contribution >= 0.6 is 34.8 Å². The van der Waals surface area contributed by atoms with Gasteiger partial charge in [0.05, 0.1) is 11.9 Å². The molecule has 35 heavy (non-hydrogen) atoms. The van der Waals surface area contributed by atoms with E-state index in [1.807, 2.05) is 6.92 Å². The maximum atomic E-state index is 13.6. The number of rotatable bonds is 11. The predicted octanol–water partition coefficient (Wildman–Crippen LogP) is 5.05. The summed E-state index contributed by atoms with van der Waals surface area (Å²) in [7, 11) is -3.83. The van der Waals surface area contributed by atoms with Gasteiger partial charge in [-0.15, -0.1) is 0 Å². The molecule has 0 aliphatic rings. The molecule has 1 N–H and O–H groups in total. The molecule has 11 heteroatoms. The Hall–Kier alpha value is -2.00. The topological polar surface area (TPSA) is 86.8 Å². The van der Waals surface area contributed by atoms with Gasteiger partial charge >= 0.3 is 0 Å². The third kappa shape index (κ3) is 8.27. The summed E-state index contributed by atoms with van der Waals surface area (Å²) >= 11 is 18.4. The van der Waals surface area contributed by atoms with Crippen molar-refractivity contribution >= 4 is 62.3 Å². The van der Waals surface area contributed by atoms with Gasteiger partial charge in [0.25, 0.3) is 0 Å². The molecule has 0 bridgehead atoms. The molecule has 1 unspecified atom stereocenters. The second kappa shape index (κ2) is 12.8. The van der Waals surface area contributed by atoms with Gasteiger partial charge in [0.15, 0.2) is 0 Å². The van der Waals surface area contributed by atoms with E-state index in [4.69, 9.17) is 34.8 Å². The molecule has 2 amide bonds. The third-order valence-corrected chi connectivity index (χ3v) is 7.41. The third-order valence-electron chi connectivity index (χ3n) is 5.46. The van der Waals surface area contributed by atoms with Crippen LogP contribution in [-0.4, -0.2) is 50.5 Å². The fourth-order valence-corrected chi connectivity index (χ4v) is 5.05. The van der Waals surface area contributed by atoms with Crippen molar-refractivity contribution in [3.05, 3.63) is 62.6 Å². The Bertz CT molecular complexity index is 1170. The lowest BCUT2D eigenvalue weighted by molar-refractivity contribution is -0.139. The maximum Gasteiger partial charge on any atom is 0.244 e. The number of nitrogens with one attached hydrogen (secondary N) is 1. The Kier molecular flexibility index (Phi) is 10.7. The molecule has 0 radical (unpaired) electrons. The molecule has 0 aliphatic carbocycles. The summed E-state index contributed by atoms with van der Waals surface area (Å²) in [5, 5.41) is 4.04. The minimum Gasteiger partial charge on any atom is -0.354 e. The molecule has 0 spiro atoms. The highest BCUT2D eigenvalue weighted by Crippen LogP contribution is 2.27. The highest BCUT2D eigenvalue weighted by Gasteiger charge is 2.31. The van der Waals surface area contributed by atoms with Crippen LogP contribution in [0.25, 0.3) is 0 Å². The van der Waals surface area contributed by atoms with Crippen LogP contribution in [0.1, 0.15) is 37.8 Å². The number of carbonyl (C=O) groups excluding carboxylic acids is 2. The second-order valence-corrected chi connectivity index (χ2v) is 11.5. The lowest BCUT2D eigenvalue weighted by atomic mass is 10.1. The molecular weight excluding hydrogens is 533 g/mol. The van der Waals surface area contributed by atoms with Crippen molar-refractivity contribution in [3.8, 4) is 0 Å². The van der Waals surface area contributed by atoms with Crippen LogP contribution in [0.5, 0.6) is 0 Å². The minimum absolute atomic E-state index is 0.00555. The lowest BCUT2D eigenvalue weighted by Gasteiger charge is -2.32. The predicted molar refractivity (Wildman–Crippen MR) is 143 cm³/mol. The first-order valence-electron chi connectivity index (χ1n) is 11.1. The first kappa shape index (κ1) is 29.2. The number of nitrogens with zero attached hydrogens (tertiary/aromatic N) is 2. The number of benzene rings is 2. The van der Waals surface area contributed by atoms with Crippen molar-refractivity contribution in [3.63, 3.8) is 0 Å². The van der Waals surface area contributed by atoms with Gasteiger partial charge in [-0.25, -0.2) is 8.42 Å². The summed E-state index contributed by atoms with van der Waals surface area (Å²) in [6.07, 6.45) is 2.73. The monoisotopic (exact) mass is 561 g/mol. The molecule has 0 fully saturated rings. The molecule has 0 aromatic heterocycles. The Morgan fingerprint density at radius 1 is 1.06 bits per heavy atom. The van der Waals surface area contributed by atoms with Gasteiger partial charge in [-0.3, -0.25) is 13.9 Å². The SMILES string of the molecule is CCCCNC(=O)C(C)N(Cc1ccc(Cl)cc1Cl)C(=O)CN(c1ccc(Cl)cc1C)S(C)(=O)=O. The second-order valence-electron chi connectivity index (χ2n) is 8.28. The van der Waals surface area contributed by atoms with Gasteiger partial charge in [0, 0.05) is 28.2 Å². The van der Waals surface area contributed by atoms with Crippen LogP contribution in [-0.2, 0) is 26.2 Å². The summed E-state index contributed by atoms with van der Waals surface area (Å²) < 4.78 is 26.3. The van der Waals surface area contributed by atoms with Gasteiger partial charge in [0.2, 0.25) is 21.8 Å². The summed E-state index contributed by atoms with van der Waals surface area (Å²) in [5.74, 6) is -0.903. The Balaban J connectivity index is 2.42. The van der Waals surface area contributed by atoms with Crippen molar-refractivity contribution < 1.29 is 18.0 Å². The Labute approximate surface area is 222 Å². The van der Waals surface area contributed by atoms with E-state index in [0.717, 1.165) is 23.4 Å². The van der Waals surface area contributed by atoms with Crippen molar-refractivity contribution in [2.75, 3.05) is 23.7 Å². The van der Waals surface area contributed by atoms with E-state index in [1.54, 1.807) is 50.2 Å². The molecule has 0 saturated carbocycles. The zero-order valence-corrected chi connectivity index (χ0v) is 23.2. The number of aryl methyl sites for hydroxylation is 1. The molecule has 2 aromatic rings. The van der Waals surface area contributed by atoms with Crippen LogP contribution < -0.4 is 9.62 Å². The van der Waals surface area contributed by atoms with Crippen LogP contribution in [0.2, 0.25) is 15.1 Å². The van der Waals surface area contributed by atoms with E-state index in [2.05, 4.69) is 5.32 Å². The summed E-state index contributed by atoms with van der Waals surface area (Å²) in [4.78, 5) is 27.7. The van der Waals surface area contributed by atoms with E-state index in [1.165, 1.54) is 4.90 Å². The quantitative estimate of drug-likeness (QED) is 0.388. The Morgan fingerprint density at radius 2 is 1.69 bits per heavy atom. The number of unbranched alkanes of at least 4 members (excludes halogenated alkanes) is 1. The van der Waals surface area contributed by atoms with Gasteiger partial charge < -0.3 is 10.2 Å². The van der Waals surface area contributed by atoms with Crippen molar-refractivity contribution in [1.29, 1.82) is 0 Å². The molecule has 0 saturated heterocycles. The number of hydrogen-bond acceptors (Lipinski definition) is 4. The molecule has 0 aliphatic heterocycles. The van der Waals surface area contributed by atoms with Crippen molar-refractivity contribution in [2.45, 2.75) is 46.2 Å². The summed E-state index contributed by atoms with van der Waals surface area (Å²) in [6, 6.07) is 8.71. The fourth-order valence-electron chi connectivity index (χ4n) is 3.45. The smallest absolute Gasteiger partial charge is 0.244 e. The van der Waals surface area contributed by atoms with Crippen LogP contribution in [0.3, 0.4) is 0 Å². The molecule has 2 aromatic carbocycles. The van der Waals surface area contributed by atoms with Crippen molar-refractivity contribution in [2.24, 2.45) is 0 Å². The van der Waals surface area contributed by atoms with E-state index in [0.29, 0.717) is 38.4 Å². The number of amides is 2. The zero-order chi connectivity index (χ0) is 26.3. The van der Waals surface area contributed by atoms with Gasteiger partial charge in [-0.05, 0) is 61.7 Å². The highest BCUT2D eigenvalue weighted by atomic mass is 35.5. The number of sulfonamides is 1. The molecule has 0 heterocycles. The van der Waals surface area contributed by atoms with Crippen molar-refractivity contribution in [1.82, 2.24) is 10.2 Å². The number of carbonyl (C=O) groups is 2. The lowest BCUT2D eigenvalue weighted by Crippen LogP contribution is -2.51. The van der Waals surface area contributed by atoms with Crippen LogP contribution in [0.15, 0.2) is 36.4 Å².